The van der Waals surface area contributed by atoms with E-state index in [1.54, 1.807) is 25.3 Å². The molecule has 0 spiro atoms. The van der Waals surface area contributed by atoms with E-state index in [4.69, 9.17) is 9.47 Å². The number of hydrogen-bond donors (Lipinski definition) is 3. The van der Waals surface area contributed by atoms with Crippen LogP contribution in [0.4, 0.5) is 5.69 Å². The Bertz CT molecular complexity index is 1000. The maximum Gasteiger partial charge on any atom is 0.323 e. The summed E-state index contributed by atoms with van der Waals surface area (Å²) in [5, 5.41) is 2.89. The summed E-state index contributed by atoms with van der Waals surface area (Å²) in [5.41, 5.74) is 2.70. The van der Waals surface area contributed by atoms with Crippen molar-refractivity contribution in [3.05, 3.63) is 52.4 Å². The first-order valence-electron chi connectivity index (χ1n) is 7.95. The van der Waals surface area contributed by atoms with Crippen molar-refractivity contribution in [2.45, 2.75) is 6.42 Å². The van der Waals surface area contributed by atoms with Crippen molar-refractivity contribution in [2.24, 2.45) is 5.92 Å². The van der Waals surface area contributed by atoms with Crippen LogP contribution in [0.3, 0.4) is 0 Å². The maximum absolute atomic E-state index is 12.5. The summed E-state index contributed by atoms with van der Waals surface area (Å²) in [5.74, 6) is 1.10. The molecule has 1 atom stereocenters. The Morgan fingerprint density at radius 2 is 2.04 bits per heavy atom. The minimum absolute atomic E-state index is 0.112. The Morgan fingerprint density at radius 3 is 2.88 bits per heavy atom. The lowest BCUT2D eigenvalue weighted by atomic mass is 9.96. The van der Waals surface area contributed by atoms with Crippen molar-refractivity contribution in [1.82, 2.24) is 9.97 Å². The highest BCUT2D eigenvalue weighted by atomic mass is 16.5. The van der Waals surface area contributed by atoms with E-state index in [9.17, 15) is 9.59 Å². The Balaban J connectivity index is 1.49. The van der Waals surface area contributed by atoms with Crippen LogP contribution in [0.1, 0.15) is 5.56 Å². The first-order valence-corrected chi connectivity index (χ1v) is 7.95. The molecule has 1 aromatic heterocycles. The van der Waals surface area contributed by atoms with Gasteiger partial charge in [-0.15, -0.1) is 0 Å². The van der Waals surface area contributed by atoms with Gasteiger partial charge in [-0.2, -0.15) is 0 Å². The fourth-order valence-electron chi connectivity index (χ4n) is 3.00. The fourth-order valence-corrected chi connectivity index (χ4v) is 3.00. The molecule has 1 aliphatic rings. The van der Waals surface area contributed by atoms with Crippen molar-refractivity contribution < 1.29 is 14.3 Å². The van der Waals surface area contributed by atoms with Gasteiger partial charge in [0.2, 0.25) is 5.91 Å². The lowest BCUT2D eigenvalue weighted by Crippen LogP contribution is -2.32. The number of imidazole rings is 1. The van der Waals surface area contributed by atoms with E-state index >= 15 is 0 Å². The molecule has 7 heteroatoms. The van der Waals surface area contributed by atoms with Gasteiger partial charge in [0.1, 0.15) is 18.1 Å². The molecular weight excluding hydrogens is 322 g/mol. The number of anilines is 1. The number of carbonyl (C=O) groups is 1. The lowest BCUT2D eigenvalue weighted by molar-refractivity contribution is -0.121. The number of hydrogen-bond acceptors (Lipinski definition) is 4. The number of carbonyl (C=O) groups excluding carboxylic acids is 1. The summed E-state index contributed by atoms with van der Waals surface area (Å²) in [6.07, 6.45) is 0.606. The highest BCUT2D eigenvalue weighted by molar-refractivity contribution is 5.94. The van der Waals surface area contributed by atoms with Crippen LogP contribution in [-0.4, -0.2) is 29.6 Å². The average Bonchev–Trinajstić information content (AvgIpc) is 3.00. The zero-order chi connectivity index (χ0) is 17.4. The van der Waals surface area contributed by atoms with E-state index < -0.39 is 0 Å². The van der Waals surface area contributed by atoms with Gasteiger partial charge in [0.25, 0.3) is 0 Å². The minimum atomic E-state index is -0.276. The third-order valence-electron chi connectivity index (χ3n) is 4.33. The molecule has 0 fully saturated rings. The number of methoxy groups -OCH3 is 1. The third-order valence-corrected chi connectivity index (χ3v) is 4.33. The Labute approximate surface area is 143 Å². The number of aromatic amines is 2. The zero-order valence-electron chi connectivity index (χ0n) is 13.6. The molecule has 7 nitrogen and oxygen atoms in total. The molecular formula is C18H17N3O4. The van der Waals surface area contributed by atoms with E-state index in [2.05, 4.69) is 15.3 Å². The van der Waals surface area contributed by atoms with Gasteiger partial charge in [-0.05, 0) is 36.2 Å². The van der Waals surface area contributed by atoms with Gasteiger partial charge in [-0.1, -0.05) is 6.07 Å². The van der Waals surface area contributed by atoms with Gasteiger partial charge in [0.05, 0.1) is 24.1 Å². The molecule has 0 saturated carbocycles. The molecule has 0 aliphatic carbocycles. The number of amides is 1. The number of rotatable bonds is 3. The van der Waals surface area contributed by atoms with Crippen LogP contribution < -0.4 is 20.5 Å². The summed E-state index contributed by atoms with van der Waals surface area (Å²) in [4.78, 5) is 29.2. The number of fused-ring (bicyclic) bond motifs is 2. The Kier molecular flexibility index (Phi) is 3.68. The molecule has 2 heterocycles. The molecule has 3 aromatic rings. The summed E-state index contributed by atoms with van der Waals surface area (Å²) >= 11 is 0. The second-order valence-electron chi connectivity index (χ2n) is 6.01. The fraction of sp³-hybridized carbons (Fsp3) is 0.222. The van der Waals surface area contributed by atoms with Crippen molar-refractivity contribution in [2.75, 3.05) is 19.0 Å². The number of benzene rings is 2. The SMILES string of the molecule is COc1ccc2c(c1)OC[C@@H](C(=O)Nc1ccc3[nH]c(=O)[nH]c3c1)C2. The van der Waals surface area contributed by atoms with Crippen LogP contribution in [0, 0.1) is 5.92 Å². The first-order chi connectivity index (χ1) is 12.1. The second-order valence-corrected chi connectivity index (χ2v) is 6.01. The monoisotopic (exact) mass is 339 g/mol. The number of ether oxygens (including phenoxy) is 2. The van der Waals surface area contributed by atoms with Crippen molar-refractivity contribution in [3.8, 4) is 11.5 Å². The molecule has 0 bridgehead atoms. The van der Waals surface area contributed by atoms with Crippen LogP contribution >= 0.6 is 0 Å². The van der Waals surface area contributed by atoms with E-state index in [-0.39, 0.29) is 17.5 Å². The van der Waals surface area contributed by atoms with Gasteiger partial charge < -0.3 is 24.8 Å². The van der Waals surface area contributed by atoms with E-state index in [0.29, 0.717) is 29.7 Å². The second kappa shape index (κ2) is 6.01. The van der Waals surface area contributed by atoms with Crippen molar-refractivity contribution >= 4 is 22.6 Å². The molecule has 128 valence electrons. The highest BCUT2D eigenvalue weighted by Gasteiger charge is 2.26. The molecule has 0 radical (unpaired) electrons. The van der Waals surface area contributed by atoms with Crippen LogP contribution in [-0.2, 0) is 11.2 Å². The summed E-state index contributed by atoms with van der Waals surface area (Å²) in [6, 6.07) is 10.9. The predicted molar refractivity (Wildman–Crippen MR) is 93.2 cm³/mol. The van der Waals surface area contributed by atoms with Crippen LogP contribution in [0.15, 0.2) is 41.2 Å². The van der Waals surface area contributed by atoms with Crippen LogP contribution in [0.5, 0.6) is 11.5 Å². The van der Waals surface area contributed by atoms with Gasteiger partial charge in [-0.3, -0.25) is 4.79 Å². The van der Waals surface area contributed by atoms with Gasteiger partial charge >= 0.3 is 5.69 Å². The number of H-pyrrole nitrogens is 2. The number of nitrogens with one attached hydrogen (secondary N) is 3. The minimum Gasteiger partial charge on any atom is -0.497 e. The molecule has 1 aliphatic heterocycles. The van der Waals surface area contributed by atoms with Crippen LogP contribution in [0.25, 0.3) is 11.0 Å². The first kappa shape index (κ1) is 15.3. The highest BCUT2D eigenvalue weighted by Crippen LogP contribution is 2.31. The smallest absolute Gasteiger partial charge is 0.323 e. The molecule has 2 aromatic carbocycles. The Hall–Kier alpha value is -3.22. The van der Waals surface area contributed by atoms with E-state index in [1.165, 1.54) is 0 Å². The lowest BCUT2D eigenvalue weighted by Gasteiger charge is -2.25. The standard InChI is InChI=1S/C18H17N3O4/c1-24-13-4-2-10-6-11(9-25-16(10)8-13)17(22)19-12-3-5-14-15(7-12)21-18(23)20-14/h2-5,7-8,11H,6,9H2,1H3,(H,19,22)(H2,20,21,23)/t11-/m0/s1. The predicted octanol–water partition coefficient (Wildman–Crippen LogP) is 2.05. The zero-order valence-corrected chi connectivity index (χ0v) is 13.6. The van der Waals surface area contributed by atoms with Gasteiger partial charge in [-0.25, -0.2) is 4.79 Å². The van der Waals surface area contributed by atoms with Gasteiger partial charge in [0, 0.05) is 11.8 Å². The maximum atomic E-state index is 12.5. The molecule has 0 unspecified atom stereocenters. The van der Waals surface area contributed by atoms with Crippen LogP contribution in [0.2, 0.25) is 0 Å². The normalized spacial score (nSPS) is 16.1. The summed E-state index contributed by atoms with van der Waals surface area (Å²) in [6.45, 7) is 0.315. The van der Waals surface area contributed by atoms with E-state index in [0.717, 1.165) is 17.1 Å². The molecule has 4 rings (SSSR count). The summed E-state index contributed by atoms with van der Waals surface area (Å²) in [7, 11) is 1.61. The van der Waals surface area contributed by atoms with Gasteiger partial charge in [0.15, 0.2) is 0 Å². The largest absolute Gasteiger partial charge is 0.497 e. The van der Waals surface area contributed by atoms with Crippen molar-refractivity contribution in [1.29, 1.82) is 0 Å². The van der Waals surface area contributed by atoms with E-state index in [1.807, 2.05) is 18.2 Å². The number of aromatic nitrogens is 2. The summed E-state index contributed by atoms with van der Waals surface area (Å²) < 4.78 is 10.9. The quantitative estimate of drug-likeness (QED) is 0.680. The molecule has 0 saturated heterocycles. The van der Waals surface area contributed by atoms with Crippen molar-refractivity contribution in [3.63, 3.8) is 0 Å². The molecule has 3 N–H and O–H groups in total. The molecule has 25 heavy (non-hydrogen) atoms. The topological polar surface area (TPSA) is 96.2 Å². The molecule has 1 amide bonds. The average molecular weight is 339 g/mol. The Morgan fingerprint density at radius 1 is 1.20 bits per heavy atom. The third kappa shape index (κ3) is 2.96.